The van der Waals surface area contributed by atoms with E-state index in [1.165, 1.54) is 24.1 Å². The molecule has 0 amide bonds. The number of ether oxygens (including phenoxy) is 1. The number of piperidine rings is 1. The number of nitrogens with one attached hydrogen (secondary N) is 1. The number of hydrogen-bond donors (Lipinski definition) is 1. The first-order valence-electron chi connectivity index (χ1n) is 7.86. The summed E-state index contributed by atoms with van der Waals surface area (Å²) in [5.74, 6) is 0.773. The zero-order valence-electron chi connectivity index (χ0n) is 13.4. The van der Waals surface area contributed by atoms with Gasteiger partial charge < -0.3 is 15.0 Å². The zero-order valence-corrected chi connectivity index (χ0v) is 14.9. The molecule has 3 nitrogen and oxygen atoms in total. The smallest absolute Gasteiger partial charge is 0.0587 e. The number of benzene rings is 1. The normalized spacial score (nSPS) is 22.6. The molecular weight excluding hydrogens is 328 g/mol. The van der Waals surface area contributed by atoms with Crippen LogP contribution in [0.3, 0.4) is 0 Å². The van der Waals surface area contributed by atoms with Gasteiger partial charge in [0.15, 0.2) is 0 Å². The molecule has 1 aliphatic rings. The summed E-state index contributed by atoms with van der Waals surface area (Å²) in [5, 5.41) is 3.46. The molecule has 1 saturated heterocycles. The third-order valence-corrected chi connectivity index (χ3v) is 4.77. The van der Waals surface area contributed by atoms with E-state index in [0.717, 1.165) is 36.6 Å². The van der Waals surface area contributed by atoms with Crippen LogP contribution in [0.4, 0.5) is 5.69 Å². The highest BCUT2D eigenvalue weighted by Crippen LogP contribution is 2.32. The summed E-state index contributed by atoms with van der Waals surface area (Å²) in [6.07, 6.45) is 2.62. The number of anilines is 1. The molecule has 1 aromatic rings. The predicted molar refractivity (Wildman–Crippen MR) is 92.9 cm³/mol. The number of nitrogens with zero attached hydrogens (tertiary/aromatic N) is 1. The van der Waals surface area contributed by atoms with E-state index < -0.39 is 0 Å². The van der Waals surface area contributed by atoms with Gasteiger partial charge in [0.25, 0.3) is 0 Å². The van der Waals surface area contributed by atoms with Crippen LogP contribution in [0.15, 0.2) is 22.7 Å². The van der Waals surface area contributed by atoms with Crippen LogP contribution in [0.5, 0.6) is 0 Å². The van der Waals surface area contributed by atoms with Crippen molar-refractivity contribution in [1.82, 2.24) is 5.32 Å². The lowest BCUT2D eigenvalue weighted by Gasteiger charge is -2.39. The van der Waals surface area contributed by atoms with Crippen molar-refractivity contribution < 1.29 is 4.74 Å². The van der Waals surface area contributed by atoms with Gasteiger partial charge in [-0.3, -0.25) is 0 Å². The molecule has 2 atom stereocenters. The Kier molecular flexibility index (Phi) is 6.52. The highest BCUT2D eigenvalue weighted by molar-refractivity contribution is 9.10. The fourth-order valence-electron chi connectivity index (χ4n) is 2.98. The molecule has 1 fully saturated rings. The molecule has 1 heterocycles. The lowest BCUT2D eigenvalue weighted by atomic mass is 9.93. The van der Waals surface area contributed by atoms with Crippen molar-refractivity contribution in [2.45, 2.75) is 39.3 Å². The van der Waals surface area contributed by atoms with E-state index in [0.29, 0.717) is 6.04 Å². The molecule has 2 rings (SSSR count). The summed E-state index contributed by atoms with van der Waals surface area (Å²) in [7, 11) is 1.74. The van der Waals surface area contributed by atoms with Crippen LogP contribution < -0.4 is 10.2 Å². The standard InChI is InChI=1S/C17H27BrN2O/c1-13-4-5-14(2)20(12-13)17-10-16(18)7-6-15(17)11-19-8-9-21-3/h6-7,10,13-14,19H,4-5,8-9,11-12H2,1-3H3. The number of rotatable bonds is 6. The van der Waals surface area contributed by atoms with E-state index in [2.05, 4.69) is 58.2 Å². The molecule has 0 aliphatic carbocycles. The van der Waals surface area contributed by atoms with Gasteiger partial charge in [-0.25, -0.2) is 0 Å². The van der Waals surface area contributed by atoms with E-state index in [-0.39, 0.29) is 0 Å². The topological polar surface area (TPSA) is 24.5 Å². The van der Waals surface area contributed by atoms with Gasteiger partial charge in [-0.2, -0.15) is 0 Å². The maximum atomic E-state index is 5.10. The average Bonchev–Trinajstić information content (AvgIpc) is 2.47. The maximum absolute atomic E-state index is 5.10. The second kappa shape index (κ2) is 8.16. The summed E-state index contributed by atoms with van der Waals surface area (Å²) in [6, 6.07) is 7.25. The molecule has 1 aliphatic heterocycles. The van der Waals surface area contributed by atoms with Crippen molar-refractivity contribution in [1.29, 1.82) is 0 Å². The minimum atomic E-state index is 0.619. The van der Waals surface area contributed by atoms with Crippen molar-refractivity contribution in [2.24, 2.45) is 5.92 Å². The molecular formula is C17H27BrN2O. The summed E-state index contributed by atoms with van der Waals surface area (Å²) in [6.45, 7) is 8.38. The molecule has 2 unspecified atom stereocenters. The van der Waals surface area contributed by atoms with Gasteiger partial charge in [-0.15, -0.1) is 0 Å². The van der Waals surface area contributed by atoms with Gasteiger partial charge in [0.2, 0.25) is 0 Å². The van der Waals surface area contributed by atoms with Crippen LogP contribution in [0, 0.1) is 5.92 Å². The largest absolute Gasteiger partial charge is 0.383 e. The van der Waals surface area contributed by atoms with Crippen LogP contribution >= 0.6 is 15.9 Å². The van der Waals surface area contributed by atoms with Crippen molar-refractivity contribution in [2.75, 3.05) is 31.7 Å². The molecule has 0 radical (unpaired) electrons. The van der Waals surface area contributed by atoms with Gasteiger partial charge in [0, 0.05) is 42.9 Å². The second-order valence-corrected chi connectivity index (χ2v) is 7.04. The molecule has 4 heteroatoms. The molecule has 0 spiro atoms. The molecule has 0 aromatic heterocycles. The Labute approximate surface area is 137 Å². The zero-order chi connectivity index (χ0) is 15.2. The molecule has 1 N–H and O–H groups in total. The summed E-state index contributed by atoms with van der Waals surface area (Å²) in [4.78, 5) is 2.58. The van der Waals surface area contributed by atoms with E-state index in [4.69, 9.17) is 4.74 Å². The monoisotopic (exact) mass is 354 g/mol. The summed E-state index contributed by atoms with van der Waals surface area (Å²) in [5.41, 5.74) is 2.74. The van der Waals surface area contributed by atoms with E-state index >= 15 is 0 Å². The average molecular weight is 355 g/mol. The molecule has 118 valence electrons. The Bertz CT molecular complexity index is 452. The highest BCUT2D eigenvalue weighted by Gasteiger charge is 2.24. The maximum Gasteiger partial charge on any atom is 0.0587 e. The first kappa shape index (κ1) is 16.8. The van der Waals surface area contributed by atoms with Gasteiger partial charge in [0.05, 0.1) is 6.61 Å². The Hall–Kier alpha value is -0.580. The molecule has 0 bridgehead atoms. The molecule has 21 heavy (non-hydrogen) atoms. The van der Waals surface area contributed by atoms with Crippen molar-refractivity contribution >= 4 is 21.6 Å². The quantitative estimate of drug-likeness (QED) is 0.786. The van der Waals surface area contributed by atoms with Crippen LogP contribution in [0.25, 0.3) is 0 Å². The number of methoxy groups -OCH3 is 1. The third-order valence-electron chi connectivity index (χ3n) is 4.27. The van der Waals surface area contributed by atoms with Gasteiger partial charge in [-0.05, 0) is 43.4 Å². The van der Waals surface area contributed by atoms with E-state index in [1.807, 2.05) is 0 Å². The van der Waals surface area contributed by atoms with Crippen LogP contribution in [-0.4, -0.2) is 32.8 Å². The van der Waals surface area contributed by atoms with Crippen LogP contribution in [0.1, 0.15) is 32.3 Å². The number of halogens is 1. The van der Waals surface area contributed by atoms with Gasteiger partial charge in [-0.1, -0.05) is 28.9 Å². The fourth-order valence-corrected chi connectivity index (χ4v) is 3.32. The van der Waals surface area contributed by atoms with E-state index in [9.17, 15) is 0 Å². The predicted octanol–water partition coefficient (Wildman–Crippen LogP) is 3.81. The molecule has 1 aromatic carbocycles. The highest BCUT2D eigenvalue weighted by atomic mass is 79.9. The Morgan fingerprint density at radius 3 is 2.90 bits per heavy atom. The Morgan fingerprint density at radius 1 is 1.33 bits per heavy atom. The lowest BCUT2D eigenvalue weighted by molar-refractivity contribution is 0.199. The number of hydrogen-bond acceptors (Lipinski definition) is 3. The first-order chi connectivity index (χ1) is 10.1. The lowest BCUT2D eigenvalue weighted by Crippen LogP contribution is -2.41. The van der Waals surface area contributed by atoms with Crippen molar-refractivity contribution in [3.8, 4) is 0 Å². The minimum absolute atomic E-state index is 0.619. The van der Waals surface area contributed by atoms with Gasteiger partial charge in [0.1, 0.15) is 0 Å². The van der Waals surface area contributed by atoms with Crippen LogP contribution in [-0.2, 0) is 11.3 Å². The van der Waals surface area contributed by atoms with Crippen LogP contribution in [0.2, 0.25) is 0 Å². The van der Waals surface area contributed by atoms with Gasteiger partial charge >= 0.3 is 0 Å². The van der Waals surface area contributed by atoms with E-state index in [1.54, 1.807) is 7.11 Å². The first-order valence-corrected chi connectivity index (χ1v) is 8.66. The summed E-state index contributed by atoms with van der Waals surface area (Å²) >= 11 is 3.62. The fraction of sp³-hybridized carbons (Fsp3) is 0.647. The Morgan fingerprint density at radius 2 is 2.14 bits per heavy atom. The van der Waals surface area contributed by atoms with Crippen molar-refractivity contribution in [3.63, 3.8) is 0 Å². The Balaban J connectivity index is 2.13. The third kappa shape index (κ3) is 4.70. The SMILES string of the molecule is COCCNCc1ccc(Br)cc1N1CC(C)CCC1C. The second-order valence-electron chi connectivity index (χ2n) is 6.13. The summed E-state index contributed by atoms with van der Waals surface area (Å²) < 4.78 is 6.25. The molecule has 0 saturated carbocycles. The van der Waals surface area contributed by atoms with Crippen molar-refractivity contribution in [3.05, 3.63) is 28.2 Å². The minimum Gasteiger partial charge on any atom is -0.383 e.